The molecule has 0 saturated carbocycles. The summed E-state index contributed by atoms with van der Waals surface area (Å²) >= 11 is 0. The van der Waals surface area contributed by atoms with Crippen molar-refractivity contribution in [3.63, 3.8) is 0 Å². The number of alkyl carbamates (subject to hydrolysis) is 1. The Hall–Kier alpha value is -3.01. The smallest absolute Gasteiger partial charge is 0.408 e. The topological polar surface area (TPSA) is 183 Å². The molecule has 1 aromatic carbocycles. The van der Waals surface area contributed by atoms with Crippen LogP contribution in [0.15, 0.2) is 18.2 Å². The van der Waals surface area contributed by atoms with Crippen molar-refractivity contribution in [3.8, 4) is 11.5 Å². The molecule has 14 heteroatoms. The van der Waals surface area contributed by atoms with Crippen LogP contribution in [-0.4, -0.2) is 83.3 Å². The fraction of sp³-hybridized carbons (Fsp3) is 0.609. The van der Waals surface area contributed by atoms with E-state index in [1.165, 1.54) is 12.1 Å². The van der Waals surface area contributed by atoms with Gasteiger partial charge in [0.05, 0.1) is 36.4 Å². The highest BCUT2D eigenvalue weighted by Crippen LogP contribution is 2.29. The van der Waals surface area contributed by atoms with Crippen molar-refractivity contribution in [1.82, 2.24) is 10.7 Å². The van der Waals surface area contributed by atoms with Crippen LogP contribution in [0.25, 0.3) is 0 Å². The third-order valence-electron chi connectivity index (χ3n) is 5.00. The minimum Gasteiger partial charge on any atom is -0.490 e. The molecule has 1 amide bonds. The number of ether oxygens (including phenoxy) is 5. The molecule has 0 spiro atoms. The number of rotatable bonds is 14. The standard InChI is InChI=1S/C23H34N2O12/c1-14(2)35-23(29)24-20(15(3)36-19-7-4-5-10-33-19)22(28)37-18-13-16(21(26)27)8-9-17(18)32-11-6-12-34-25(30)31/h8-9,13-15,19-20,30-31H,4-7,10-12H2,1-3H3,(H,24,29)(H,26,27). The largest absolute Gasteiger partial charge is 0.490 e. The molecule has 1 fully saturated rings. The van der Waals surface area contributed by atoms with E-state index < -0.39 is 48.0 Å². The van der Waals surface area contributed by atoms with Crippen LogP contribution >= 0.6 is 0 Å². The number of hydrogen-bond donors (Lipinski definition) is 4. The van der Waals surface area contributed by atoms with Crippen LogP contribution in [0.1, 0.15) is 56.8 Å². The molecular weight excluding hydrogens is 496 g/mol. The van der Waals surface area contributed by atoms with Gasteiger partial charge in [0.15, 0.2) is 23.8 Å². The predicted molar refractivity (Wildman–Crippen MR) is 123 cm³/mol. The number of aromatic carboxylic acids is 1. The molecule has 0 radical (unpaired) electrons. The highest BCUT2D eigenvalue weighted by molar-refractivity contribution is 5.89. The summed E-state index contributed by atoms with van der Waals surface area (Å²) in [5.41, 5.74) is -0.168. The molecule has 1 aromatic rings. The molecule has 2 rings (SSSR count). The Morgan fingerprint density at radius 3 is 2.51 bits per heavy atom. The first-order chi connectivity index (χ1) is 17.6. The summed E-state index contributed by atoms with van der Waals surface area (Å²) in [5.74, 6) is -2.38. The maximum atomic E-state index is 13.2. The van der Waals surface area contributed by atoms with Gasteiger partial charge in [-0.25, -0.2) is 14.4 Å². The maximum absolute atomic E-state index is 13.2. The second-order valence-electron chi connectivity index (χ2n) is 8.39. The van der Waals surface area contributed by atoms with E-state index in [0.717, 1.165) is 18.9 Å². The van der Waals surface area contributed by atoms with E-state index in [9.17, 15) is 19.5 Å². The fourth-order valence-corrected chi connectivity index (χ4v) is 3.28. The highest BCUT2D eigenvalue weighted by Gasteiger charge is 2.33. The summed E-state index contributed by atoms with van der Waals surface area (Å²) in [4.78, 5) is 41.4. The molecule has 37 heavy (non-hydrogen) atoms. The molecule has 4 N–H and O–H groups in total. The zero-order valence-corrected chi connectivity index (χ0v) is 21.0. The Balaban J connectivity index is 2.19. The zero-order valence-electron chi connectivity index (χ0n) is 21.0. The maximum Gasteiger partial charge on any atom is 0.408 e. The average Bonchev–Trinajstić information content (AvgIpc) is 2.82. The third kappa shape index (κ3) is 10.9. The van der Waals surface area contributed by atoms with Crippen molar-refractivity contribution in [2.24, 2.45) is 0 Å². The van der Waals surface area contributed by atoms with E-state index in [2.05, 4.69) is 10.2 Å². The average molecular weight is 531 g/mol. The molecule has 1 aliphatic rings. The monoisotopic (exact) mass is 530 g/mol. The van der Waals surface area contributed by atoms with Crippen LogP contribution in [-0.2, 0) is 23.8 Å². The summed E-state index contributed by atoms with van der Waals surface area (Å²) in [6.45, 7) is 5.28. The number of nitrogens with zero attached hydrogens (tertiary/aromatic N) is 1. The van der Waals surface area contributed by atoms with Gasteiger partial charge < -0.3 is 34.1 Å². The van der Waals surface area contributed by atoms with Gasteiger partial charge >= 0.3 is 18.0 Å². The molecule has 208 valence electrons. The molecule has 0 aliphatic carbocycles. The molecule has 1 heterocycles. The first-order valence-electron chi connectivity index (χ1n) is 11.8. The van der Waals surface area contributed by atoms with E-state index in [4.69, 9.17) is 34.1 Å². The van der Waals surface area contributed by atoms with E-state index >= 15 is 0 Å². The van der Waals surface area contributed by atoms with E-state index in [1.807, 2.05) is 0 Å². The van der Waals surface area contributed by atoms with Gasteiger partial charge in [-0.1, -0.05) is 0 Å². The van der Waals surface area contributed by atoms with Crippen molar-refractivity contribution >= 4 is 18.0 Å². The second-order valence-corrected chi connectivity index (χ2v) is 8.39. The van der Waals surface area contributed by atoms with E-state index in [0.29, 0.717) is 13.0 Å². The lowest BCUT2D eigenvalue weighted by Crippen LogP contribution is -2.52. The van der Waals surface area contributed by atoms with Crippen molar-refractivity contribution in [3.05, 3.63) is 23.8 Å². The van der Waals surface area contributed by atoms with Crippen LogP contribution in [0.4, 0.5) is 4.79 Å². The summed E-state index contributed by atoms with van der Waals surface area (Å²) in [6.07, 6.45) is -0.155. The lowest BCUT2D eigenvalue weighted by atomic mass is 10.1. The molecule has 14 nitrogen and oxygen atoms in total. The van der Waals surface area contributed by atoms with Crippen LogP contribution < -0.4 is 14.8 Å². The van der Waals surface area contributed by atoms with Crippen LogP contribution in [0.2, 0.25) is 0 Å². The minimum atomic E-state index is -1.33. The van der Waals surface area contributed by atoms with Gasteiger partial charge in [0.25, 0.3) is 0 Å². The van der Waals surface area contributed by atoms with Crippen molar-refractivity contribution in [2.45, 2.75) is 71.0 Å². The normalized spacial score (nSPS) is 17.2. The number of nitrogens with one attached hydrogen (secondary N) is 1. The van der Waals surface area contributed by atoms with E-state index in [1.54, 1.807) is 20.8 Å². The molecule has 1 saturated heterocycles. The Bertz CT molecular complexity index is 888. The van der Waals surface area contributed by atoms with Crippen molar-refractivity contribution in [1.29, 1.82) is 0 Å². The van der Waals surface area contributed by atoms with Gasteiger partial charge in [-0.05, 0) is 58.2 Å². The quantitative estimate of drug-likeness (QED) is 0.119. The lowest BCUT2D eigenvalue weighted by molar-refractivity contribution is -0.492. The molecule has 1 aliphatic heterocycles. The molecule has 0 bridgehead atoms. The Morgan fingerprint density at radius 1 is 1.14 bits per heavy atom. The third-order valence-corrected chi connectivity index (χ3v) is 5.00. The van der Waals surface area contributed by atoms with Gasteiger partial charge in [0.1, 0.15) is 0 Å². The molecular formula is C23H34N2O12. The number of carboxylic acid groups (broad SMARTS) is 1. The van der Waals surface area contributed by atoms with Crippen molar-refractivity contribution < 1.29 is 58.4 Å². The van der Waals surface area contributed by atoms with Crippen molar-refractivity contribution in [2.75, 3.05) is 19.8 Å². The minimum absolute atomic E-state index is 0.00569. The number of carbonyl (C=O) groups excluding carboxylic acids is 2. The Kier molecular flexibility index (Phi) is 12.5. The summed E-state index contributed by atoms with van der Waals surface area (Å²) < 4.78 is 27.5. The summed E-state index contributed by atoms with van der Waals surface area (Å²) in [7, 11) is 0. The second kappa shape index (κ2) is 15.3. The number of benzene rings is 1. The number of carbonyl (C=O) groups is 3. The van der Waals surface area contributed by atoms with Gasteiger partial charge in [0, 0.05) is 13.0 Å². The first kappa shape index (κ1) is 30.2. The fourth-order valence-electron chi connectivity index (χ4n) is 3.28. The SMILES string of the molecule is CC(C)OC(=O)NC(C(=O)Oc1cc(C(=O)O)ccc1OCCCON(O)O)C(C)OC1CCCCO1. The molecule has 3 atom stereocenters. The van der Waals surface area contributed by atoms with Gasteiger partial charge in [-0.15, -0.1) is 0 Å². The zero-order chi connectivity index (χ0) is 27.4. The van der Waals surface area contributed by atoms with Crippen LogP contribution in [0.5, 0.6) is 11.5 Å². The number of carboxylic acids is 1. The summed E-state index contributed by atoms with van der Waals surface area (Å²) in [5, 5.41) is 28.5. The Morgan fingerprint density at radius 2 is 1.89 bits per heavy atom. The molecule has 3 unspecified atom stereocenters. The van der Waals surface area contributed by atoms with Gasteiger partial charge in [-0.2, -0.15) is 0 Å². The van der Waals surface area contributed by atoms with E-state index in [-0.39, 0.29) is 36.7 Å². The number of amides is 1. The molecule has 0 aromatic heterocycles. The van der Waals surface area contributed by atoms with Gasteiger partial charge in [-0.3, -0.25) is 15.3 Å². The lowest BCUT2D eigenvalue weighted by Gasteiger charge is -2.30. The first-order valence-corrected chi connectivity index (χ1v) is 11.8. The number of esters is 1. The van der Waals surface area contributed by atoms with Crippen LogP contribution in [0, 0.1) is 0 Å². The number of hydrogen-bond acceptors (Lipinski definition) is 12. The summed E-state index contributed by atoms with van der Waals surface area (Å²) in [6, 6.07) is 2.35. The highest BCUT2D eigenvalue weighted by atomic mass is 17.1. The van der Waals surface area contributed by atoms with Crippen LogP contribution in [0.3, 0.4) is 0 Å². The predicted octanol–water partition coefficient (Wildman–Crippen LogP) is 2.51. The Labute approximate surface area is 213 Å². The van der Waals surface area contributed by atoms with Gasteiger partial charge in [0.2, 0.25) is 0 Å².